The van der Waals surface area contributed by atoms with E-state index in [9.17, 15) is 15.3 Å². The highest BCUT2D eigenvalue weighted by molar-refractivity contribution is 7.81. The van der Waals surface area contributed by atoms with Gasteiger partial charge >= 0.3 is 0 Å². The van der Waals surface area contributed by atoms with Crippen LogP contribution in [-0.2, 0) is 4.74 Å². The van der Waals surface area contributed by atoms with Crippen LogP contribution in [0.15, 0.2) is 0 Å². The minimum absolute atomic E-state index is 0.280. The van der Waals surface area contributed by atoms with E-state index in [0.29, 0.717) is 0 Å². The monoisotopic (exact) mass is 212 g/mol. The molecule has 1 heterocycles. The van der Waals surface area contributed by atoms with E-state index in [1.807, 2.05) is 0 Å². The summed E-state index contributed by atoms with van der Waals surface area (Å²) in [4.78, 5) is 0. The molecule has 1 rings (SSSR count). The Bertz CT molecular complexity index is 152. The lowest BCUT2D eigenvalue weighted by molar-refractivity contribution is -0.190. The van der Waals surface area contributed by atoms with E-state index >= 15 is 0 Å². The predicted molar refractivity (Wildman–Crippen MR) is 49.5 cm³/mol. The van der Waals surface area contributed by atoms with Gasteiger partial charge in [-0.1, -0.05) is 0 Å². The molecule has 3 N–H and O–H groups in total. The molecule has 1 saturated heterocycles. The maximum atomic E-state index is 9.31. The van der Waals surface area contributed by atoms with Gasteiger partial charge in [0, 0.05) is 5.75 Å². The van der Waals surface area contributed by atoms with E-state index in [2.05, 4.69) is 25.3 Å². The number of hydrogen-bond acceptors (Lipinski definition) is 6. The lowest BCUT2D eigenvalue weighted by Crippen LogP contribution is -2.56. The summed E-state index contributed by atoms with van der Waals surface area (Å²) in [5, 5.41) is 27.8. The summed E-state index contributed by atoms with van der Waals surface area (Å²) in [6.45, 7) is 0. The Labute approximate surface area is 81.4 Å². The van der Waals surface area contributed by atoms with Crippen LogP contribution in [-0.4, -0.2) is 50.9 Å². The van der Waals surface area contributed by atoms with Gasteiger partial charge in [0.1, 0.15) is 23.7 Å². The number of hydrogen-bond donors (Lipinski definition) is 5. The average Bonchev–Trinajstić information content (AvgIpc) is 2.08. The Morgan fingerprint density at radius 1 is 1.08 bits per heavy atom. The quantitative estimate of drug-likeness (QED) is 0.349. The van der Waals surface area contributed by atoms with Crippen LogP contribution in [0.2, 0.25) is 0 Å². The summed E-state index contributed by atoms with van der Waals surface area (Å²) in [5.41, 5.74) is -0.763. The number of rotatable bonds is 1. The number of thiol groups is 2. The van der Waals surface area contributed by atoms with E-state index in [1.54, 1.807) is 0 Å². The fourth-order valence-corrected chi connectivity index (χ4v) is 1.72. The molecule has 0 aliphatic carbocycles. The summed E-state index contributed by atoms with van der Waals surface area (Å²) in [5.74, 6) is 0.280. The zero-order chi connectivity index (χ0) is 9.30. The maximum Gasteiger partial charge on any atom is 0.129 e. The largest absolute Gasteiger partial charge is 0.388 e. The van der Waals surface area contributed by atoms with Crippen LogP contribution in [0.3, 0.4) is 0 Å². The molecule has 0 saturated carbocycles. The first-order chi connectivity index (χ1) is 5.57. The van der Waals surface area contributed by atoms with Crippen molar-refractivity contribution in [3.8, 4) is 0 Å². The number of aliphatic hydroxyl groups is 3. The highest BCUT2D eigenvalue weighted by Crippen LogP contribution is 2.23. The van der Waals surface area contributed by atoms with Gasteiger partial charge in [-0.3, -0.25) is 0 Å². The van der Waals surface area contributed by atoms with Gasteiger partial charge in [-0.25, -0.2) is 0 Å². The van der Waals surface area contributed by atoms with Crippen LogP contribution in [0.1, 0.15) is 0 Å². The number of aliphatic hydroxyl groups excluding tert-OH is 3. The van der Waals surface area contributed by atoms with Gasteiger partial charge in [0.25, 0.3) is 0 Å². The molecular weight excluding hydrogens is 200 g/mol. The number of ether oxygens (including phenoxy) is 1. The van der Waals surface area contributed by atoms with Gasteiger partial charge in [0.2, 0.25) is 0 Å². The summed E-state index contributed by atoms with van der Waals surface area (Å²) >= 11 is 7.81. The Morgan fingerprint density at radius 3 is 2.17 bits per heavy atom. The lowest BCUT2D eigenvalue weighted by atomic mass is 10.0. The van der Waals surface area contributed by atoms with Gasteiger partial charge in [-0.05, 0) is 0 Å². The lowest BCUT2D eigenvalue weighted by Gasteiger charge is -2.38. The molecule has 0 aromatic carbocycles. The van der Waals surface area contributed by atoms with Crippen molar-refractivity contribution >= 4 is 25.3 Å². The van der Waals surface area contributed by atoms with Gasteiger partial charge in [-0.2, -0.15) is 12.6 Å². The van der Waals surface area contributed by atoms with Crippen molar-refractivity contribution in [2.75, 3.05) is 5.75 Å². The maximum absolute atomic E-state index is 9.31. The summed E-state index contributed by atoms with van der Waals surface area (Å²) in [7, 11) is 0. The molecule has 1 fully saturated rings. The summed E-state index contributed by atoms with van der Waals surface area (Å²) < 4.78 is 5.06. The molecule has 3 unspecified atom stereocenters. The molecule has 5 atom stereocenters. The molecule has 12 heavy (non-hydrogen) atoms. The van der Waals surface area contributed by atoms with Crippen molar-refractivity contribution in [1.29, 1.82) is 0 Å². The molecule has 0 amide bonds. The Hall–Kier alpha value is 0.540. The first-order valence-corrected chi connectivity index (χ1v) is 4.71. The Kier molecular flexibility index (Phi) is 3.69. The second kappa shape index (κ2) is 4.17. The van der Waals surface area contributed by atoms with Gasteiger partial charge in [0.05, 0.1) is 6.10 Å². The summed E-state index contributed by atoms with van der Waals surface area (Å²) in [6, 6.07) is 0. The molecule has 6 heteroatoms. The molecule has 0 aromatic rings. The van der Waals surface area contributed by atoms with Crippen LogP contribution < -0.4 is 0 Å². The van der Waals surface area contributed by atoms with E-state index in [-0.39, 0.29) is 5.75 Å². The zero-order valence-corrected chi connectivity index (χ0v) is 8.03. The third-order valence-corrected chi connectivity index (χ3v) is 2.65. The molecule has 4 nitrogen and oxygen atoms in total. The van der Waals surface area contributed by atoms with E-state index < -0.39 is 29.9 Å². The van der Waals surface area contributed by atoms with Crippen molar-refractivity contribution in [3.05, 3.63) is 0 Å². The van der Waals surface area contributed by atoms with E-state index in [0.717, 1.165) is 0 Å². The van der Waals surface area contributed by atoms with Crippen LogP contribution in [0.4, 0.5) is 0 Å². The fourth-order valence-electron chi connectivity index (χ4n) is 1.08. The smallest absolute Gasteiger partial charge is 0.129 e. The first kappa shape index (κ1) is 10.6. The second-order valence-electron chi connectivity index (χ2n) is 2.72. The van der Waals surface area contributed by atoms with Crippen LogP contribution in [0.5, 0.6) is 0 Å². The molecule has 0 spiro atoms. The fraction of sp³-hybridized carbons (Fsp3) is 1.00. The standard InChI is InChI=1S/C6H12O4S2/c7-3-2(1-11)10-6(12)5(9)4(3)8/h2-9,11-12H,1H2/t2?,3-,4?,5?,6+/m1/s1. The molecule has 0 bridgehead atoms. The topological polar surface area (TPSA) is 69.9 Å². The SMILES string of the molecule is OC1C(O)[C@H](S)OC(CS)[C@H]1O. The average molecular weight is 212 g/mol. The van der Waals surface area contributed by atoms with Crippen LogP contribution in [0, 0.1) is 0 Å². The molecular formula is C6H12O4S2. The third-order valence-electron chi connectivity index (χ3n) is 1.87. The summed E-state index contributed by atoms with van der Waals surface area (Å²) in [6.07, 6.45) is -4.03. The van der Waals surface area contributed by atoms with E-state index in [4.69, 9.17) is 4.74 Å². The van der Waals surface area contributed by atoms with Crippen molar-refractivity contribution in [1.82, 2.24) is 0 Å². The van der Waals surface area contributed by atoms with E-state index in [1.165, 1.54) is 0 Å². The molecule has 72 valence electrons. The molecule has 1 aliphatic heterocycles. The van der Waals surface area contributed by atoms with Gasteiger partial charge in [-0.15, -0.1) is 12.6 Å². The van der Waals surface area contributed by atoms with Crippen molar-refractivity contribution in [2.45, 2.75) is 29.9 Å². The van der Waals surface area contributed by atoms with Gasteiger partial charge in [0.15, 0.2) is 0 Å². The minimum atomic E-state index is -1.21. The highest BCUT2D eigenvalue weighted by atomic mass is 32.1. The normalized spacial score (nSPS) is 49.2. The zero-order valence-electron chi connectivity index (χ0n) is 6.24. The van der Waals surface area contributed by atoms with Crippen molar-refractivity contribution in [3.63, 3.8) is 0 Å². The second-order valence-corrected chi connectivity index (χ2v) is 3.59. The van der Waals surface area contributed by atoms with Gasteiger partial charge < -0.3 is 20.1 Å². The van der Waals surface area contributed by atoms with Crippen molar-refractivity contribution in [2.24, 2.45) is 0 Å². The molecule has 0 radical (unpaired) electrons. The molecule has 0 aromatic heterocycles. The van der Waals surface area contributed by atoms with Crippen LogP contribution in [0.25, 0.3) is 0 Å². The minimum Gasteiger partial charge on any atom is -0.388 e. The molecule has 1 aliphatic rings. The highest BCUT2D eigenvalue weighted by Gasteiger charge is 2.41. The first-order valence-electron chi connectivity index (χ1n) is 3.56. The van der Waals surface area contributed by atoms with Crippen molar-refractivity contribution < 1.29 is 20.1 Å². The Balaban J connectivity index is 2.63. The predicted octanol–water partition coefficient (Wildman–Crippen LogP) is -1.35. The Morgan fingerprint density at radius 2 is 1.67 bits per heavy atom. The van der Waals surface area contributed by atoms with Crippen LogP contribution >= 0.6 is 25.3 Å². The third kappa shape index (κ3) is 1.89.